The monoisotopic (exact) mass is 1550 g/mol. The molecule has 0 bridgehead atoms. The molecule has 0 unspecified atom stereocenters. The van der Waals surface area contributed by atoms with Crippen molar-refractivity contribution in [3.05, 3.63) is 318 Å². The molecule has 10 aromatic rings. The van der Waals surface area contributed by atoms with E-state index in [2.05, 4.69) is 359 Å². The van der Waals surface area contributed by atoms with Gasteiger partial charge in [-0.2, -0.15) is 0 Å². The molecule has 0 radical (unpaired) electrons. The third-order valence-electron chi connectivity index (χ3n) is 19.9. The fourth-order valence-corrected chi connectivity index (χ4v) is 21.9. The molecule has 0 aliphatic carbocycles. The highest BCUT2D eigenvalue weighted by Crippen LogP contribution is 2.23. The van der Waals surface area contributed by atoms with Gasteiger partial charge in [0.05, 0.1) is 0 Å². The summed E-state index contributed by atoms with van der Waals surface area (Å²) in [7, 11) is 2.46. The molecule has 0 heterocycles. The van der Waals surface area contributed by atoms with Crippen LogP contribution in [0.3, 0.4) is 0 Å². The molecule has 106 heavy (non-hydrogen) atoms. The van der Waals surface area contributed by atoms with E-state index >= 15 is 0 Å². The molecule has 0 saturated heterocycles. The van der Waals surface area contributed by atoms with Gasteiger partial charge in [0.25, 0.3) is 8.32 Å². The number of fused-ring (bicyclic) bond motifs is 1. The maximum atomic E-state index is 5.92. The third-order valence-corrected chi connectivity index (χ3v) is 40.5. The summed E-state index contributed by atoms with van der Waals surface area (Å²) in [6, 6.07) is 107. The zero-order valence-corrected chi connectivity index (χ0v) is 76.2. The van der Waals surface area contributed by atoms with Crippen molar-refractivity contribution in [2.75, 3.05) is 49.8 Å². The first kappa shape index (κ1) is 93.9. The molecular weight excluding hydrogens is 1410 g/mol. The molecule has 0 spiro atoms. The van der Waals surface area contributed by atoms with Crippen LogP contribution in [0.2, 0.25) is 115 Å². The number of rotatable bonds is 28. The lowest BCUT2D eigenvalue weighted by Gasteiger charge is -2.26. The zero-order chi connectivity index (χ0) is 78.2. The van der Waals surface area contributed by atoms with Gasteiger partial charge in [-0.1, -0.05) is 304 Å². The van der Waals surface area contributed by atoms with E-state index in [1.807, 2.05) is 60.9 Å². The van der Waals surface area contributed by atoms with E-state index in [1.54, 1.807) is 7.11 Å². The minimum absolute atomic E-state index is 1.13. The van der Waals surface area contributed by atoms with E-state index in [1.165, 1.54) is 115 Å². The summed E-state index contributed by atoms with van der Waals surface area (Å²) in [6.07, 6.45) is 8.24. The average Bonchev–Trinajstić information content (AvgIpc) is 0.802. The van der Waals surface area contributed by atoms with Crippen LogP contribution < -0.4 is 15.6 Å². The Kier molecular flexibility index (Phi) is 45.3. The lowest BCUT2D eigenvalue weighted by molar-refractivity contribution is 0.395. The molecule has 0 N–H and O–H groups in total. The highest BCUT2D eigenvalue weighted by Gasteiger charge is 2.33. The lowest BCUT2D eigenvalue weighted by Crippen LogP contribution is -2.57. The molecule has 10 rings (SSSR count). The van der Waals surface area contributed by atoms with Gasteiger partial charge in [-0.3, -0.25) is 0 Å². The van der Waals surface area contributed by atoms with E-state index in [0.29, 0.717) is 0 Å². The quantitative estimate of drug-likeness (QED) is 0.0453. The van der Waals surface area contributed by atoms with Crippen molar-refractivity contribution in [2.24, 2.45) is 0 Å². The Bertz CT molecular complexity index is 3630. The summed E-state index contributed by atoms with van der Waals surface area (Å²) in [5.41, 5.74) is 8.45. The summed E-state index contributed by atoms with van der Waals surface area (Å²) in [6.45, 7) is 31.4. The molecule has 0 saturated carbocycles. The van der Waals surface area contributed by atoms with Crippen molar-refractivity contribution in [1.29, 1.82) is 0 Å². The summed E-state index contributed by atoms with van der Waals surface area (Å²) in [4.78, 5) is 0. The first-order valence-corrected chi connectivity index (χ1v) is 58.8. The molecule has 0 aliphatic heterocycles. The van der Waals surface area contributed by atoms with Crippen LogP contribution in [0.25, 0.3) is 10.8 Å². The second kappa shape index (κ2) is 51.2. The van der Waals surface area contributed by atoms with Gasteiger partial charge in [0.15, 0.2) is 41.6 Å². The van der Waals surface area contributed by atoms with Crippen LogP contribution >= 0.6 is 0 Å². The third kappa shape index (κ3) is 39.7. The standard InChI is InChI=1S/C18H24OSi.C14H16OSi.2C12H20OSi.C11H18OSi.C10H8.C9H14OSi.C6H16OSi/c1-19-20(2,15-13-17-9-5-3-6-10-17)16-14-18-11-7-4-8-12-18;1-15-16(2,13-9-5-3-6-10-13)14-11-7-4-8-12-14;1-11-5-7-12(8-6-11)9-10-14(3,4)13-2;1-13-14(2,3)11-7-10-12-8-5-4-6-9-12;1-12-13(2,3)10-9-11-7-5-4-6-8-11;1-2-6-10-8-4-3-7-9(10)5-1;1-10-11(2,3)9-7-5-4-6-8-9;1-5-6-8(3,4)7-2/h3-12H,13-16H2,1-2H3;3-12H,1-2H3;5-8H,9-10H2,1-4H3;4-6,8-9H,7,10-11H2,1-3H3;4-8H,9-10H2,1-3H3;1-8H;4-8H,1-3H3;5-6H2,1-4H3. The Labute approximate surface area is 652 Å². The second-order valence-corrected chi connectivity index (χ2v) is 60.1. The van der Waals surface area contributed by atoms with Crippen LogP contribution in [0.1, 0.15) is 53.1 Å². The molecule has 10 aromatic carbocycles. The fraction of sp³-hybridized carbons (Fsp3) is 0.370. The Hall–Kier alpha value is -6.30. The molecule has 0 aromatic heterocycles. The van der Waals surface area contributed by atoms with Gasteiger partial charge in [0.2, 0.25) is 8.32 Å². The molecule has 0 amide bonds. The van der Waals surface area contributed by atoms with Crippen LogP contribution in [0.5, 0.6) is 0 Å². The van der Waals surface area contributed by atoms with Gasteiger partial charge in [0.1, 0.15) is 0 Å². The first-order chi connectivity index (χ1) is 50.6. The van der Waals surface area contributed by atoms with Crippen molar-refractivity contribution in [2.45, 2.75) is 174 Å². The largest absolute Gasteiger partial charge is 0.420 e. The van der Waals surface area contributed by atoms with Crippen molar-refractivity contribution in [1.82, 2.24) is 0 Å². The summed E-state index contributed by atoms with van der Waals surface area (Å²) in [5.74, 6) is 0. The molecule has 574 valence electrons. The minimum atomic E-state index is -1.98. The smallest absolute Gasteiger partial charge is 0.252 e. The van der Waals surface area contributed by atoms with Crippen molar-refractivity contribution < 1.29 is 31.0 Å². The van der Waals surface area contributed by atoms with E-state index in [4.69, 9.17) is 31.0 Å². The summed E-state index contributed by atoms with van der Waals surface area (Å²) >= 11 is 0. The maximum absolute atomic E-state index is 5.92. The lowest BCUT2D eigenvalue weighted by atomic mass is 10.1. The number of hydrogen-bond acceptors (Lipinski definition) is 7. The minimum Gasteiger partial charge on any atom is -0.420 e. The number of hydrogen-bond donors (Lipinski definition) is 0. The predicted molar refractivity (Wildman–Crippen MR) is 481 cm³/mol. The SMILES string of the molecule is CCC[Si](C)(C)OC.CO[Si](C)(C)CCCc1ccccc1.CO[Si](C)(C)CCc1ccc(C)cc1.CO[Si](C)(C)CCc1ccccc1.CO[Si](C)(C)c1ccccc1.CO[Si](C)(CCc1ccccc1)CCc1ccccc1.CO[Si](C)(c1ccccc1)c1ccccc1.c1ccc2ccccc2c1. The van der Waals surface area contributed by atoms with Crippen LogP contribution in [0, 0.1) is 6.92 Å². The Morgan fingerprint density at radius 3 is 0.783 bits per heavy atom. The van der Waals surface area contributed by atoms with E-state index in [-0.39, 0.29) is 0 Å². The summed E-state index contributed by atoms with van der Waals surface area (Å²) < 4.78 is 39.1. The van der Waals surface area contributed by atoms with Crippen molar-refractivity contribution >= 4 is 84.6 Å². The predicted octanol–water partition coefficient (Wildman–Crippen LogP) is 23.5. The fourth-order valence-electron chi connectivity index (χ4n) is 11.1. The average molecular weight is 1550 g/mol. The van der Waals surface area contributed by atoms with Gasteiger partial charge in [-0.25, -0.2) is 0 Å². The normalized spacial score (nSPS) is 11.4. The van der Waals surface area contributed by atoms with Crippen LogP contribution in [0.15, 0.2) is 285 Å². The van der Waals surface area contributed by atoms with Crippen LogP contribution in [0.4, 0.5) is 0 Å². The molecule has 7 nitrogen and oxygen atoms in total. The number of aryl methyl sites for hydroxylation is 6. The highest BCUT2D eigenvalue weighted by molar-refractivity contribution is 6.96. The van der Waals surface area contributed by atoms with Crippen molar-refractivity contribution in [3.8, 4) is 0 Å². The van der Waals surface area contributed by atoms with Gasteiger partial charge < -0.3 is 31.0 Å². The molecular formula is C92H136O7Si7. The first-order valence-electron chi connectivity index (χ1n) is 38.2. The Morgan fingerprint density at radius 2 is 0.500 bits per heavy atom. The second-order valence-electron chi connectivity index (χ2n) is 30.4. The van der Waals surface area contributed by atoms with E-state index in [0.717, 1.165) is 25.7 Å². The molecule has 0 aliphatic rings. The number of benzene rings is 10. The van der Waals surface area contributed by atoms with Gasteiger partial charge >= 0.3 is 0 Å². The zero-order valence-electron chi connectivity index (χ0n) is 69.2. The Balaban J connectivity index is 0.000000318. The van der Waals surface area contributed by atoms with Gasteiger partial charge in [-0.15, -0.1) is 0 Å². The molecule has 14 heteroatoms. The topological polar surface area (TPSA) is 64.6 Å². The van der Waals surface area contributed by atoms with Crippen LogP contribution in [-0.4, -0.2) is 108 Å². The maximum Gasteiger partial charge on any atom is 0.252 e. The van der Waals surface area contributed by atoms with Crippen LogP contribution in [-0.2, 0) is 63.1 Å². The molecule has 0 fully saturated rings. The Morgan fingerprint density at radius 1 is 0.236 bits per heavy atom. The van der Waals surface area contributed by atoms with E-state index < -0.39 is 58.2 Å². The van der Waals surface area contributed by atoms with E-state index in [9.17, 15) is 0 Å². The van der Waals surface area contributed by atoms with Crippen molar-refractivity contribution in [3.63, 3.8) is 0 Å². The van der Waals surface area contributed by atoms with Gasteiger partial charge in [-0.05, 0) is 214 Å². The summed E-state index contributed by atoms with van der Waals surface area (Å²) in [5, 5.41) is 6.59. The highest BCUT2D eigenvalue weighted by atomic mass is 28.4. The molecule has 0 atom stereocenters. The van der Waals surface area contributed by atoms with Gasteiger partial charge in [0, 0.05) is 49.8 Å².